The third-order valence-electron chi connectivity index (χ3n) is 2.72. The molecule has 0 unspecified atom stereocenters. The van der Waals surface area contributed by atoms with Crippen LogP contribution in [-0.4, -0.2) is 16.6 Å². The molecule has 1 atom stereocenters. The molecule has 20 heavy (non-hydrogen) atoms. The molecular formula is C16H13BrO3. The summed E-state index contributed by atoms with van der Waals surface area (Å²) in [7, 11) is 0. The average molecular weight is 333 g/mol. The van der Waals surface area contributed by atoms with Gasteiger partial charge in [0.25, 0.3) is 0 Å². The van der Waals surface area contributed by atoms with Gasteiger partial charge in [-0.05, 0) is 43.3 Å². The topological polar surface area (TPSA) is 43.4 Å². The maximum atomic E-state index is 11.8. The van der Waals surface area contributed by atoms with E-state index in [4.69, 9.17) is 4.74 Å². The van der Waals surface area contributed by atoms with Crippen LogP contribution in [0.3, 0.4) is 0 Å². The van der Waals surface area contributed by atoms with Gasteiger partial charge in [-0.3, -0.25) is 4.79 Å². The van der Waals surface area contributed by atoms with Crippen LogP contribution in [0, 0.1) is 0 Å². The number of hydrogen-bond donors (Lipinski definition) is 0. The molecule has 0 saturated heterocycles. The largest absolute Gasteiger partial charge is 0.423 e. The zero-order valence-corrected chi connectivity index (χ0v) is 12.5. The minimum absolute atomic E-state index is 0.00839. The monoisotopic (exact) mass is 332 g/mol. The Morgan fingerprint density at radius 1 is 0.950 bits per heavy atom. The highest BCUT2D eigenvalue weighted by Crippen LogP contribution is 2.17. The van der Waals surface area contributed by atoms with Crippen LogP contribution >= 0.6 is 15.9 Å². The van der Waals surface area contributed by atoms with Crippen LogP contribution in [0.5, 0.6) is 5.75 Å². The zero-order chi connectivity index (χ0) is 14.5. The van der Waals surface area contributed by atoms with Gasteiger partial charge in [-0.2, -0.15) is 0 Å². The molecule has 0 heterocycles. The van der Waals surface area contributed by atoms with E-state index in [9.17, 15) is 9.59 Å². The quantitative estimate of drug-likeness (QED) is 0.369. The van der Waals surface area contributed by atoms with Crippen molar-refractivity contribution < 1.29 is 14.3 Å². The van der Waals surface area contributed by atoms with E-state index in [0.29, 0.717) is 16.9 Å². The Labute approximate surface area is 125 Å². The SMILES string of the molecule is C[C@@H](Br)C(=O)c1ccc(OC(=O)c2ccccc2)cc1. The third kappa shape index (κ3) is 3.54. The Balaban J connectivity index is 2.08. The maximum absolute atomic E-state index is 11.8. The molecule has 0 radical (unpaired) electrons. The molecule has 2 rings (SSSR count). The summed E-state index contributed by atoms with van der Waals surface area (Å²) in [4.78, 5) is 23.4. The first-order valence-electron chi connectivity index (χ1n) is 6.13. The van der Waals surface area contributed by atoms with E-state index in [1.807, 2.05) is 6.07 Å². The van der Waals surface area contributed by atoms with Crippen LogP contribution in [0.2, 0.25) is 0 Å². The molecule has 3 nitrogen and oxygen atoms in total. The second-order valence-electron chi connectivity index (χ2n) is 4.26. The Kier molecular flexibility index (Phi) is 4.69. The fourth-order valence-corrected chi connectivity index (χ4v) is 1.92. The third-order valence-corrected chi connectivity index (χ3v) is 3.14. The van der Waals surface area contributed by atoms with Crippen molar-refractivity contribution in [3.8, 4) is 5.75 Å². The molecule has 0 aliphatic carbocycles. The molecule has 4 heteroatoms. The number of Topliss-reactive ketones (excluding diaryl/α,β-unsaturated/α-hetero) is 1. The first-order valence-corrected chi connectivity index (χ1v) is 7.05. The lowest BCUT2D eigenvalue weighted by Crippen LogP contribution is -2.10. The van der Waals surface area contributed by atoms with Crippen molar-refractivity contribution in [2.45, 2.75) is 11.8 Å². The predicted molar refractivity (Wildman–Crippen MR) is 80.6 cm³/mol. The van der Waals surface area contributed by atoms with E-state index >= 15 is 0 Å². The summed E-state index contributed by atoms with van der Waals surface area (Å²) in [5, 5.41) is 0. The van der Waals surface area contributed by atoms with Crippen LogP contribution in [0.25, 0.3) is 0 Å². The summed E-state index contributed by atoms with van der Waals surface area (Å²) in [5.41, 5.74) is 1.07. The van der Waals surface area contributed by atoms with E-state index in [0.717, 1.165) is 0 Å². The smallest absolute Gasteiger partial charge is 0.343 e. The molecule has 0 aliphatic rings. The molecule has 0 N–H and O–H groups in total. The number of carbonyl (C=O) groups excluding carboxylic acids is 2. The number of esters is 1. The van der Waals surface area contributed by atoms with Gasteiger partial charge in [0.2, 0.25) is 0 Å². The van der Waals surface area contributed by atoms with Gasteiger partial charge in [-0.15, -0.1) is 0 Å². The molecule has 0 saturated carbocycles. The van der Waals surface area contributed by atoms with Crippen LogP contribution in [0.1, 0.15) is 27.6 Å². The Morgan fingerprint density at radius 3 is 2.10 bits per heavy atom. The molecule has 0 bridgehead atoms. The van der Waals surface area contributed by atoms with Crippen molar-refractivity contribution in [2.75, 3.05) is 0 Å². The first kappa shape index (κ1) is 14.5. The molecule has 0 aliphatic heterocycles. The molecule has 2 aromatic carbocycles. The number of halogens is 1. The normalized spacial score (nSPS) is 11.7. The van der Waals surface area contributed by atoms with Crippen molar-refractivity contribution >= 4 is 27.7 Å². The minimum atomic E-state index is -0.418. The number of carbonyl (C=O) groups is 2. The number of alkyl halides is 1. The molecule has 2 aromatic rings. The average Bonchev–Trinajstić information content (AvgIpc) is 2.48. The van der Waals surface area contributed by atoms with Gasteiger partial charge in [0.05, 0.1) is 10.4 Å². The summed E-state index contributed by atoms with van der Waals surface area (Å²) in [5.74, 6) is -0.0119. The highest BCUT2D eigenvalue weighted by molar-refractivity contribution is 9.10. The summed E-state index contributed by atoms with van der Waals surface area (Å²) < 4.78 is 5.23. The van der Waals surface area contributed by atoms with Crippen LogP contribution < -0.4 is 4.74 Å². The number of benzene rings is 2. The number of rotatable bonds is 4. The molecular weight excluding hydrogens is 320 g/mol. The summed E-state index contributed by atoms with van der Waals surface area (Å²) in [6.07, 6.45) is 0. The highest BCUT2D eigenvalue weighted by Gasteiger charge is 2.12. The van der Waals surface area contributed by atoms with Gasteiger partial charge in [0, 0.05) is 5.56 Å². The van der Waals surface area contributed by atoms with Crippen molar-refractivity contribution in [3.05, 3.63) is 65.7 Å². The molecule has 0 amide bonds. The van der Waals surface area contributed by atoms with Crippen LogP contribution in [-0.2, 0) is 0 Å². The lowest BCUT2D eigenvalue weighted by atomic mass is 10.1. The minimum Gasteiger partial charge on any atom is -0.423 e. The standard InChI is InChI=1S/C16H13BrO3/c1-11(17)15(18)12-7-9-14(10-8-12)20-16(19)13-5-3-2-4-6-13/h2-11H,1H3/t11-/m1/s1. The van der Waals surface area contributed by atoms with E-state index in [-0.39, 0.29) is 10.6 Å². The fourth-order valence-electron chi connectivity index (χ4n) is 1.66. The fraction of sp³-hybridized carbons (Fsp3) is 0.125. The van der Waals surface area contributed by atoms with Gasteiger partial charge in [-0.25, -0.2) is 4.79 Å². The van der Waals surface area contributed by atoms with E-state index in [1.54, 1.807) is 55.5 Å². The van der Waals surface area contributed by atoms with E-state index < -0.39 is 5.97 Å². The Morgan fingerprint density at radius 2 is 1.55 bits per heavy atom. The lowest BCUT2D eigenvalue weighted by molar-refractivity contribution is 0.0734. The second-order valence-corrected chi connectivity index (χ2v) is 5.63. The lowest BCUT2D eigenvalue weighted by Gasteiger charge is -2.06. The zero-order valence-electron chi connectivity index (χ0n) is 10.9. The number of ketones is 1. The number of ether oxygens (including phenoxy) is 1. The van der Waals surface area contributed by atoms with Crippen molar-refractivity contribution in [1.82, 2.24) is 0 Å². The van der Waals surface area contributed by atoms with Crippen LogP contribution in [0.15, 0.2) is 54.6 Å². The maximum Gasteiger partial charge on any atom is 0.343 e. The molecule has 102 valence electrons. The van der Waals surface area contributed by atoms with Crippen molar-refractivity contribution in [1.29, 1.82) is 0 Å². The van der Waals surface area contributed by atoms with Gasteiger partial charge in [0.1, 0.15) is 5.75 Å². The van der Waals surface area contributed by atoms with Gasteiger partial charge in [0.15, 0.2) is 5.78 Å². The van der Waals surface area contributed by atoms with Crippen LogP contribution in [0.4, 0.5) is 0 Å². The molecule has 0 aromatic heterocycles. The Bertz CT molecular complexity index is 603. The summed E-state index contributed by atoms with van der Waals surface area (Å²) in [6, 6.07) is 15.3. The summed E-state index contributed by atoms with van der Waals surface area (Å²) in [6.45, 7) is 1.77. The Hall–Kier alpha value is -1.94. The van der Waals surface area contributed by atoms with Crippen molar-refractivity contribution in [2.24, 2.45) is 0 Å². The van der Waals surface area contributed by atoms with Gasteiger partial charge in [-0.1, -0.05) is 34.1 Å². The van der Waals surface area contributed by atoms with E-state index in [1.165, 1.54) is 0 Å². The number of hydrogen-bond acceptors (Lipinski definition) is 3. The molecule has 0 spiro atoms. The predicted octanol–water partition coefficient (Wildman–Crippen LogP) is 3.87. The molecule has 0 fully saturated rings. The van der Waals surface area contributed by atoms with Gasteiger partial charge < -0.3 is 4.74 Å². The summed E-state index contributed by atoms with van der Waals surface area (Å²) >= 11 is 3.23. The first-order chi connectivity index (χ1) is 9.58. The van der Waals surface area contributed by atoms with Crippen molar-refractivity contribution in [3.63, 3.8) is 0 Å². The second kappa shape index (κ2) is 6.48. The highest BCUT2D eigenvalue weighted by atomic mass is 79.9. The van der Waals surface area contributed by atoms with E-state index in [2.05, 4.69) is 15.9 Å². The van der Waals surface area contributed by atoms with Gasteiger partial charge >= 0.3 is 5.97 Å².